The van der Waals surface area contributed by atoms with Crippen LogP contribution in [-0.4, -0.2) is 0 Å². The van der Waals surface area contributed by atoms with Crippen LogP contribution in [0.3, 0.4) is 0 Å². The second kappa shape index (κ2) is 11.6. The van der Waals surface area contributed by atoms with Crippen LogP contribution in [0.2, 0.25) is 0 Å². The molecule has 0 aromatic heterocycles. The molecule has 1 atom stereocenters. The summed E-state index contributed by atoms with van der Waals surface area (Å²) < 4.78 is 0. The lowest BCUT2D eigenvalue weighted by molar-refractivity contribution is 0.564. The third-order valence-electron chi connectivity index (χ3n) is 10.1. The molecule has 0 heterocycles. The van der Waals surface area contributed by atoms with Crippen LogP contribution in [0.25, 0.3) is 21.9 Å². The van der Waals surface area contributed by atoms with Gasteiger partial charge in [0.05, 0.1) is 5.69 Å². The van der Waals surface area contributed by atoms with Gasteiger partial charge < -0.3 is 9.80 Å². The van der Waals surface area contributed by atoms with Gasteiger partial charge in [0.25, 0.3) is 0 Å². The third kappa shape index (κ3) is 4.89. The lowest BCUT2D eigenvalue weighted by Crippen LogP contribution is -2.20. The highest BCUT2D eigenvalue weighted by Crippen LogP contribution is 2.52. The maximum atomic E-state index is 2.43. The van der Waals surface area contributed by atoms with E-state index in [0.29, 0.717) is 0 Å². The zero-order chi connectivity index (χ0) is 32.0. The number of nitrogens with zero attached hydrogens (tertiary/aromatic N) is 2. The molecule has 8 rings (SSSR count). The van der Waals surface area contributed by atoms with Crippen molar-refractivity contribution in [1.82, 2.24) is 0 Å². The summed E-state index contributed by atoms with van der Waals surface area (Å²) in [5, 5.41) is 2.45. The topological polar surface area (TPSA) is 6.48 Å². The first-order valence-electron chi connectivity index (χ1n) is 16.6. The molecular formula is C45H38N2. The third-order valence-corrected chi connectivity index (χ3v) is 10.1. The van der Waals surface area contributed by atoms with E-state index in [9.17, 15) is 0 Å². The van der Waals surface area contributed by atoms with Gasteiger partial charge in [0, 0.05) is 39.2 Å². The lowest BCUT2D eigenvalue weighted by Gasteiger charge is -2.30. The van der Waals surface area contributed by atoms with E-state index in [1.807, 2.05) is 0 Å². The van der Waals surface area contributed by atoms with Crippen molar-refractivity contribution in [1.29, 1.82) is 0 Å². The van der Waals surface area contributed by atoms with Crippen LogP contribution < -0.4 is 9.80 Å². The van der Waals surface area contributed by atoms with Crippen LogP contribution in [0.15, 0.2) is 164 Å². The SMILES string of the molecule is CCC1(C)c2ccccc2-c2ccc(N(c3ccccc3)c3ccc(N(c4ccc(C)cc4)c4cccc5ccccc45)cc3)cc21. The Kier molecular flexibility index (Phi) is 7.14. The van der Waals surface area contributed by atoms with E-state index in [1.165, 1.54) is 44.3 Å². The van der Waals surface area contributed by atoms with Crippen molar-refractivity contribution >= 4 is 44.9 Å². The summed E-state index contributed by atoms with van der Waals surface area (Å²) in [4.78, 5) is 4.76. The number of para-hydroxylation sites is 1. The molecule has 0 aliphatic heterocycles. The minimum absolute atomic E-state index is 0.0266. The summed E-state index contributed by atoms with van der Waals surface area (Å²) in [6.07, 6.45) is 1.05. The van der Waals surface area contributed by atoms with Gasteiger partial charge in [0.2, 0.25) is 0 Å². The second-order valence-corrected chi connectivity index (χ2v) is 12.8. The molecule has 228 valence electrons. The predicted octanol–water partition coefficient (Wildman–Crippen LogP) is 12.8. The minimum Gasteiger partial charge on any atom is -0.310 e. The largest absolute Gasteiger partial charge is 0.310 e. The highest BCUT2D eigenvalue weighted by atomic mass is 15.2. The van der Waals surface area contributed by atoms with Crippen molar-refractivity contribution in [3.8, 4) is 11.1 Å². The predicted molar refractivity (Wildman–Crippen MR) is 200 cm³/mol. The fourth-order valence-corrected chi connectivity index (χ4v) is 7.39. The average molecular weight is 607 g/mol. The Morgan fingerprint density at radius 2 is 1.02 bits per heavy atom. The van der Waals surface area contributed by atoms with Gasteiger partial charge in [0.15, 0.2) is 0 Å². The standard InChI is InChI=1S/C45H38N2/c1-4-45(3)42-19-11-10-18-40(42)41-30-29-38(31-43(41)45)46(34-15-6-5-7-16-34)35-25-27-37(28-26-35)47(36-23-21-32(2)22-24-36)44-20-12-14-33-13-8-9-17-39(33)44/h5-31H,4H2,1-3H3. The van der Waals surface area contributed by atoms with Crippen molar-refractivity contribution < 1.29 is 0 Å². The van der Waals surface area contributed by atoms with E-state index in [1.54, 1.807) is 0 Å². The Morgan fingerprint density at radius 3 is 1.77 bits per heavy atom. The molecule has 0 fully saturated rings. The summed E-state index contributed by atoms with van der Waals surface area (Å²) in [5.74, 6) is 0. The first-order chi connectivity index (χ1) is 23.0. The van der Waals surface area contributed by atoms with Gasteiger partial charge in [0.1, 0.15) is 0 Å². The Hall–Kier alpha value is -5.60. The normalized spacial score (nSPS) is 14.9. The number of anilines is 6. The van der Waals surface area contributed by atoms with E-state index in [2.05, 4.69) is 194 Å². The molecule has 1 aliphatic rings. The molecule has 7 aromatic rings. The number of hydrogen-bond donors (Lipinski definition) is 0. The van der Waals surface area contributed by atoms with E-state index < -0.39 is 0 Å². The highest BCUT2D eigenvalue weighted by molar-refractivity contribution is 5.99. The van der Waals surface area contributed by atoms with Crippen molar-refractivity contribution in [2.75, 3.05) is 9.80 Å². The zero-order valence-corrected chi connectivity index (χ0v) is 27.2. The molecule has 0 spiro atoms. The molecule has 2 nitrogen and oxygen atoms in total. The maximum Gasteiger partial charge on any atom is 0.0540 e. The fourth-order valence-electron chi connectivity index (χ4n) is 7.39. The molecular weight excluding hydrogens is 569 g/mol. The van der Waals surface area contributed by atoms with Gasteiger partial charge in [-0.2, -0.15) is 0 Å². The Labute approximate surface area is 278 Å². The first kappa shape index (κ1) is 28.8. The van der Waals surface area contributed by atoms with Crippen LogP contribution in [-0.2, 0) is 5.41 Å². The molecule has 0 bridgehead atoms. The molecule has 0 saturated heterocycles. The summed E-state index contributed by atoms with van der Waals surface area (Å²) in [6, 6.07) is 59.7. The number of fused-ring (bicyclic) bond motifs is 4. The highest BCUT2D eigenvalue weighted by Gasteiger charge is 2.38. The van der Waals surface area contributed by atoms with Gasteiger partial charge >= 0.3 is 0 Å². The van der Waals surface area contributed by atoms with Crippen LogP contribution in [0.5, 0.6) is 0 Å². The van der Waals surface area contributed by atoms with Crippen molar-refractivity contribution in [3.63, 3.8) is 0 Å². The van der Waals surface area contributed by atoms with Gasteiger partial charge in [-0.05, 0) is 108 Å². The van der Waals surface area contributed by atoms with E-state index in [4.69, 9.17) is 0 Å². The second-order valence-electron chi connectivity index (χ2n) is 12.8. The van der Waals surface area contributed by atoms with E-state index >= 15 is 0 Å². The Balaban J connectivity index is 1.25. The fraction of sp³-hybridized carbons (Fsp3) is 0.111. The average Bonchev–Trinajstić information content (AvgIpc) is 3.38. The summed E-state index contributed by atoms with van der Waals surface area (Å²) in [5.41, 5.74) is 13.6. The van der Waals surface area contributed by atoms with Crippen LogP contribution in [0.1, 0.15) is 37.0 Å². The molecule has 47 heavy (non-hydrogen) atoms. The summed E-state index contributed by atoms with van der Waals surface area (Å²) in [6.45, 7) is 6.85. The summed E-state index contributed by atoms with van der Waals surface area (Å²) in [7, 11) is 0. The summed E-state index contributed by atoms with van der Waals surface area (Å²) >= 11 is 0. The van der Waals surface area contributed by atoms with Gasteiger partial charge in [-0.1, -0.05) is 116 Å². The molecule has 0 amide bonds. The quantitative estimate of drug-likeness (QED) is 0.178. The molecule has 0 N–H and O–H groups in total. The Morgan fingerprint density at radius 1 is 0.468 bits per heavy atom. The van der Waals surface area contributed by atoms with Crippen LogP contribution >= 0.6 is 0 Å². The minimum atomic E-state index is -0.0266. The van der Waals surface area contributed by atoms with Gasteiger partial charge in [-0.3, -0.25) is 0 Å². The maximum absolute atomic E-state index is 2.43. The zero-order valence-electron chi connectivity index (χ0n) is 27.2. The molecule has 1 unspecified atom stereocenters. The molecule has 7 aromatic carbocycles. The van der Waals surface area contributed by atoms with Crippen molar-refractivity contribution in [3.05, 3.63) is 180 Å². The van der Waals surface area contributed by atoms with Gasteiger partial charge in [-0.15, -0.1) is 0 Å². The van der Waals surface area contributed by atoms with Gasteiger partial charge in [-0.25, -0.2) is 0 Å². The van der Waals surface area contributed by atoms with Crippen molar-refractivity contribution in [2.24, 2.45) is 0 Å². The number of hydrogen-bond acceptors (Lipinski definition) is 2. The lowest BCUT2D eigenvalue weighted by atomic mass is 9.78. The van der Waals surface area contributed by atoms with Crippen LogP contribution in [0.4, 0.5) is 34.1 Å². The number of benzene rings is 7. The molecule has 2 heteroatoms. The molecule has 0 radical (unpaired) electrons. The first-order valence-corrected chi connectivity index (χ1v) is 16.6. The van der Waals surface area contributed by atoms with E-state index in [-0.39, 0.29) is 5.41 Å². The van der Waals surface area contributed by atoms with Crippen LogP contribution in [0, 0.1) is 6.92 Å². The molecule has 1 aliphatic carbocycles. The van der Waals surface area contributed by atoms with Crippen molar-refractivity contribution in [2.45, 2.75) is 32.6 Å². The molecule has 0 saturated carbocycles. The number of aryl methyl sites for hydroxylation is 1. The Bertz CT molecular complexity index is 2190. The monoisotopic (exact) mass is 606 g/mol. The van der Waals surface area contributed by atoms with E-state index in [0.717, 1.165) is 34.9 Å². The number of rotatable bonds is 7. The smallest absolute Gasteiger partial charge is 0.0540 e.